The number of allylic oxidation sites excluding steroid dienone is 1. The summed E-state index contributed by atoms with van der Waals surface area (Å²) in [5.74, 6) is 1.57. The minimum Gasteiger partial charge on any atom is -0.437 e. The van der Waals surface area contributed by atoms with Crippen molar-refractivity contribution in [2.75, 3.05) is 5.32 Å². The van der Waals surface area contributed by atoms with Crippen molar-refractivity contribution >= 4 is 23.1 Å². The molecule has 0 atom stereocenters. The molecule has 2 bridgehead atoms. The molecule has 0 aliphatic heterocycles. The van der Waals surface area contributed by atoms with Crippen LogP contribution in [0.4, 0.5) is 5.95 Å². The van der Waals surface area contributed by atoms with Crippen LogP contribution in [-0.4, -0.2) is 25.3 Å². The van der Waals surface area contributed by atoms with E-state index < -0.39 is 0 Å². The molecule has 0 spiro atoms. The summed E-state index contributed by atoms with van der Waals surface area (Å²) in [6.45, 7) is 3.94. The number of benzene rings is 2. The van der Waals surface area contributed by atoms with Crippen molar-refractivity contribution in [3.63, 3.8) is 0 Å². The van der Waals surface area contributed by atoms with Gasteiger partial charge in [0.15, 0.2) is 5.65 Å². The predicted octanol–water partition coefficient (Wildman–Crippen LogP) is 5.62. The number of anilines is 1. The molecular formula is C28H23N7O. The normalized spacial score (nSPS) is 21.9. The minimum atomic E-state index is -0.179. The fourth-order valence-electron chi connectivity index (χ4n) is 5.47. The molecular weight excluding hydrogens is 450 g/mol. The molecule has 3 aliphatic carbocycles. The van der Waals surface area contributed by atoms with Crippen LogP contribution in [0, 0.1) is 41.9 Å². The molecule has 3 fully saturated rings. The van der Waals surface area contributed by atoms with E-state index in [-0.39, 0.29) is 11.0 Å². The number of nitrogens with zero attached hydrogens (tertiary/aromatic N) is 6. The lowest BCUT2D eigenvalue weighted by molar-refractivity contribution is -0.0665. The summed E-state index contributed by atoms with van der Waals surface area (Å²) in [7, 11) is 0. The van der Waals surface area contributed by atoms with Gasteiger partial charge in [0, 0.05) is 17.8 Å². The number of para-hydroxylation sites is 1. The quantitative estimate of drug-likeness (QED) is 0.362. The van der Waals surface area contributed by atoms with Gasteiger partial charge in [0.1, 0.15) is 11.1 Å². The fraction of sp³-hybridized carbons (Fsp3) is 0.250. The molecule has 0 saturated heterocycles. The standard InChI is InChI=1S/C28H23N7O/c1-18-11-20(7-6-10-29)12-19(2)23(18)36-25-22-13-35(21-8-4-3-5-9-21)34-24(22)31-26(32-25)33-28-14-27(15-28,16-28)17-30/h3-9,11-13H,14-16H2,1-2H3,(H,31,33,34)/b7-6+. The lowest BCUT2D eigenvalue weighted by Gasteiger charge is -2.66. The van der Waals surface area contributed by atoms with Gasteiger partial charge in [0.05, 0.1) is 23.2 Å². The van der Waals surface area contributed by atoms with Gasteiger partial charge in [0.25, 0.3) is 0 Å². The van der Waals surface area contributed by atoms with Crippen molar-refractivity contribution in [3.05, 3.63) is 71.4 Å². The first kappa shape index (κ1) is 21.8. The first-order valence-corrected chi connectivity index (χ1v) is 11.8. The van der Waals surface area contributed by atoms with Crippen LogP contribution in [0.1, 0.15) is 36.0 Å². The Morgan fingerprint density at radius 3 is 2.44 bits per heavy atom. The summed E-state index contributed by atoms with van der Waals surface area (Å²) in [5, 5.41) is 27.1. The van der Waals surface area contributed by atoms with Crippen LogP contribution >= 0.6 is 0 Å². The van der Waals surface area contributed by atoms with Gasteiger partial charge in [-0.15, -0.1) is 5.10 Å². The second-order valence-corrected chi connectivity index (χ2v) is 9.87. The highest BCUT2D eigenvalue weighted by molar-refractivity contribution is 5.82. The molecule has 3 saturated carbocycles. The van der Waals surface area contributed by atoms with Crippen molar-refractivity contribution in [1.29, 1.82) is 10.5 Å². The minimum absolute atomic E-state index is 0.122. The van der Waals surface area contributed by atoms with Gasteiger partial charge in [-0.25, -0.2) is 4.68 Å². The Bertz CT molecular complexity index is 1580. The molecule has 176 valence electrons. The van der Waals surface area contributed by atoms with Gasteiger partial charge < -0.3 is 10.1 Å². The van der Waals surface area contributed by atoms with Crippen LogP contribution in [0.25, 0.3) is 22.8 Å². The number of nitriles is 2. The number of aryl methyl sites for hydroxylation is 2. The zero-order valence-electron chi connectivity index (χ0n) is 20.0. The van der Waals surface area contributed by atoms with Crippen molar-refractivity contribution in [2.24, 2.45) is 5.41 Å². The summed E-state index contributed by atoms with van der Waals surface area (Å²) in [6.07, 6.45) is 7.54. The number of rotatable bonds is 6. The monoisotopic (exact) mass is 473 g/mol. The van der Waals surface area contributed by atoms with Crippen LogP contribution in [0.2, 0.25) is 0 Å². The molecule has 2 aromatic heterocycles. The lowest BCUT2D eigenvalue weighted by Crippen LogP contribution is -2.70. The second-order valence-electron chi connectivity index (χ2n) is 9.87. The summed E-state index contributed by atoms with van der Waals surface area (Å²) in [5.41, 5.74) is 3.93. The van der Waals surface area contributed by atoms with E-state index in [0.717, 1.165) is 41.6 Å². The van der Waals surface area contributed by atoms with E-state index in [1.807, 2.05) is 68.6 Å². The van der Waals surface area contributed by atoms with Gasteiger partial charge in [-0.1, -0.05) is 18.2 Å². The van der Waals surface area contributed by atoms with Crippen LogP contribution in [0.3, 0.4) is 0 Å². The fourth-order valence-corrected chi connectivity index (χ4v) is 5.47. The number of hydrogen-bond acceptors (Lipinski definition) is 7. The Labute approximate surface area is 208 Å². The molecule has 1 N–H and O–H groups in total. The van der Waals surface area contributed by atoms with Crippen molar-refractivity contribution in [1.82, 2.24) is 19.7 Å². The van der Waals surface area contributed by atoms with Gasteiger partial charge in [-0.3, -0.25) is 0 Å². The molecule has 4 aromatic rings. The zero-order valence-corrected chi connectivity index (χ0v) is 20.0. The highest BCUT2D eigenvalue weighted by atomic mass is 16.5. The van der Waals surface area contributed by atoms with Crippen LogP contribution in [0.5, 0.6) is 11.6 Å². The van der Waals surface area contributed by atoms with E-state index in [0.29, 0.717) is 28.6 Å². The molecule has 0 unspecified atom stereocenters. The van der Waals surface area contributed by atoms with Gasteiger partial charge in [-0.2, -0.15) is 20.5 Å². The largest absolute Gasteiger partial charge is 0.437 e. The van der Waals surface area contributed by atoms with E-state index in [2.05, 4.69) is 11.4 Å². The Morgan fingerprint density at radius 1 is 1.06 bits per heavy atom. The zero-order chi connectivity index (χ0) is 24.9. The first-order chi connectivity index (χ1) is 17.4. The third-order valence-corrected chi connectivity index (χ3v) is 7.04. The Morgan fingerprint density at radius 2 is 1.78 bits per heavy atom. The summed E-state index contributed by atoms with van der Waals surface area (Å²) < 4.78 is 8.21. The summed E-state index contributed by atoms with van der Waals surface area (Å²) in [6, 6.07) is 18.2. The summed E-state index contributed by atoms with van der Waals surface area (Å²) >= 11 is 0. The molecule has 0 radical (unpaired) electrons. The van der Waals surface area contributed by atoms with Crippen molar-refractivity contribution in [2.45, 2.75) is 38.6 Å². The van der Waals surface area contributed by atoms with Crippen LogP contribution in [-0.2, 0) is 0 Å². The third-order valence-electron chi connectivity index (χ3n) is 7.04. The first-order valence-electron chi connectivity index (χ1n) is 11.8. The SMILES string of the molecule is Cc1cc(/C=C/C#N)cc(C)c1Oc1nc(NC23CC(C#N)(C2)C3)nc2nn(-c3ccccc3)cc12. The van der Waals surface area contributed by atoms with E-state index in [1.54, 1.807) is 10.8 Å². The predicted molar refractivity (Wildman–Crippen MR) is 136 cm³/mol. The Kier molecular flexibility index (Phi) is 4.80. The molecule has 7 rings (SSSR count). The van der Waals surface area contributed by atoms with Gasteiger partial charge in [0.2, 0.25) is 11.8 Å². The second kappa shape index (κ2) is 7.93. The maximum Gasteiger partial charge on any atom is 0.235 e. The molecule has 3 aliphatic rings. The topological polar surface area (TPSA) is 112 Å². The maximum absolute atomic E-state index is 9.38. The number of hydrogen-bond donors (Lipinski definition) is 1. The lowest BCUT2D eigenvalue weighted by atomic mass is 9.40. The van der Waals surface area contributed by atoms with Crippen molar-refractivity contribution < 1.29 is 4.74 Å². The Balaban J connectivity index is 1.41. The van der Waals surface area contributed by atoms with Crippen LogP contribution < -0.4 is 10.1 Å². The maximum atomic E-state index is 9.38. The molecule has 2 heterocycles. The number of fused-ring (bicyclic) bond motifs is 1. The van der Waals surface area contributed by atoms with E-state index in [9.17, 15) is 5.26 Å². The smallest absolute Gasteiger partial charge is 0.235 e. The van der Waals surface area contributed by atoms with E-state index >= 15 is 0 Å². The average Bonchev–Trinajstić information content (AvgIpc) is 3.26. The van der Waals surface area contributed by atoms with Crippen molar-refractivity contribution in [3.8, 4) is 29.5 Å². The molecule has 2 aromatic carbocycles. The number of aromatic nitrogens is 4. The van der Waals surface area contributed by atoms with Crippen LogP contribution in [0.15, 0.2) is 54.7 Å². The molecule has 8 heteroatoms. The highest BCUT2D eigenvalue weighted by Crippen LogP contribution is 2.67. The van der Waals surface area contributed by atoms with Gasteiger partial charge in [-0.05, 0) is 80.1 Å². The third kappa shape index (κ3) is 3.55. The van der Waals surface area contributed by atoms with E-state index in [4.69, 9.17) is 25.1 Å². The highest BCUT2D eigenvalue weighted by Gasteiger charge is 2.69. The molecule has 8 nitrogen and oxygen atoms in total. The number of nitrogens with one attached hydrogen (secondary N) is 1. The average molecular weight is 474 g/mol. The van der Waals surface area contributed by atoms with E-state index in [1.165, 1.54) is 6.08 Å². The number of ether oxygens (including phenoxy) is 1. The van der Waals surface area contributed by atoms with Gasteiger partial charge >= 0.3 is 0 Å². The molecule has 36 heavy (non-hydrogen) atoms. The Hall–Kier alpha value is -4.69. The summed E-state index contributed by atoms with van der Waals surface area (Å²) in [4.78, 5) is 9.46. The molecule has 0 amide bonds.